The highest BCUT2D eigenvalue weighted by Crippen LogP contribution is 2.10. The van der Waals surface area contributed by atoms with Crippen LogP contribution < -0.4 is 4.72 Å². The van der Waals surface area contributed by atoms with Crippen molar-refractivity contribution >= 4 is 10.0 Å². The van der Waals surface area contributed by atoms with Gasteiger partial charge >= 0.3 is 0 Å². The number of hydrogen-bond donors (Lipinski definition) is 1. The standard InChI is InChI=1S/C13H28N2O3S/c1-12(10-15-8-6-4-5-7-9-15)14-19(16,17)11-13(2)18-3/h12-14H,4-11H2,1-3H3/t12-,13+/m0/s1. The molecule has 0 radical (unpaired) electrons. The second-order valence-corrected chi connectivity index (χ2v) is 7.36. The van der Waals surface area contributed by atoms with Crippen molar-refractivity contribution in [1.82, 2.24) is 9.62 Å². The van der Waals surface area contributed by atoms with Crippen LogP contribution in [0.3, 0.4) is 0 Å². The molecule has 1 aliphatic heterocycles. The smallest absolute Gasteiger partial charge is 0.214 e. The van der Waals surface area contributed by atoms with E-state index in [-0.39, 0.29) is 17.9 Å². The fourth-order valence-corrected chi connectivity index (χ4v) is 4.01. The third kappa shape index (κ3) is 7.25. The minimum Gasteiger partial charge on any atom is -0.381 e. The molecule has 0 aromatic heterocycles. The maximum absolute atomic E-state index is 11.9. The molecule has 0 amide bonds. The largest absolute Gasteiger partial charge is 0.381 e. The summed E-state index contributed by atoms with van der Waals surface area (Å²) >= 11 is 0. The molecular weight excluding hydrogens is 264 g/mol. The maximum atomic E-state index is 11.9. The van der Waals surface area contributed by atoms with Gasteiger partial charge in [0, 0.05) is 19.7 Å². The molecule has 1 rings (SSSR count). The highest BCUT2D eigenvalue weighted by atomic mass is 32.2. The number of sulfonamides is 1. The van der Waals surface area contributed by atoms with Gasteiger partial charge in [0.05, 0.1) is 11.9 Å². The summed E-state index contributed by atoms with van der Waals surface area (Å²) in [4.78, 5) is 2.36. The molecular formula is C13H28N2O3S. The number of rotatable bonds is 7. The molecule has 19 heavy (non-hydrogen) atoms. The molecule has 1 heterocycles. The van der Waals surface area contributed by atoms with Crippen LogP contribution >= 0.6 is 0 Å². The fraction of sp³-hybridized carbons (Fsp3) is 1.00. The Bertz CT molecular complexity index is 338. The van der Waals surface area contributed by atoms with Crippen molar-refractivity contribution in [2.75, 3.05) is 32.5 Å². The van der Waals surface area contributed by atoms with Crippen LogP contribution in [0, 0.1) is 0 Å². The van der Waals surface area contributed by atoms with E-state index in [2.05, 4.69) is 9.62 Å². The molecule has 1 aliphatic rings. The van der Waals surface area contributed by atoms with Gasteiger partial charge in [-0.15, -0.1) is 0 Å². The number of nitrogens with one attached hydrogen (secondary N) is 1. The van der Waals surface area contributed by atoms with E-state index in [1.165, 1.54) is 32.8 Å². The first-order chi connectivity index (χ1) is 8.93. The molecule has 1 N–H and O–H groups in total. The lowest BCUT2D eigenvalue weighted by Gasteiger charge is -2.24. The summed E-state index contributed by atoms with van der Waals surface area (Å²) in [6.07, 6.45) is 4.76. The third-order valence-corrected chi connectivity index (χ3v) is 5.14. The lowest BCUT2D eigenvalue weighted by molar-refractivity contribution is 0.136. The van der Waals surface area contributed by atoms with E-state index >= 15 is 0 Å². The highest BCUT2D eigenvalue weighted by molar-refractivity contribution is 7.89. The van der Waals surface area contributed by atoms with E-state index < -0.39 is 10.0 Å². The second-order valence-electron chi connectivity index (χ2n) is 5.56. The van der Waals surface area contributed by atoms with Gasteiger partial charge in [-0.1, -0.05) is 12.8 Å². The van der Waals surface area contributed by atoms with Crippen LogP contribution in [0.2, 0.25) is 0 Å². The molecule has 114 valence electrons. The first-order valence-electron chi connectivity index (χ1n) is 7.18. The zero-order valence-corrected chi connectivity index (χ0v) is 13.2. The van der Waals surface area contributed by atoms with E-state index in [1.807, 2.05) is 6.92 Å². The number of hydrogen-bond acceptors (Lipinski definition) is 4. The van der Waals surface area contributed by atoms with Gasteiger partial charge in [-0.2, -0.15) is 0 Å². The summed E-state index contributed by atoms with van der Waals surface area (Å²) in [7, 11) is -1.73. The minimum atomic E-state index is -3.25. The van der Waals surface area contributed by atoms with Crippen molar-refractivity contribution in [3.05, 3.63) is 0 Å². The number of nitrogens with zero attached hydrogens (tertiary/aromatic N) is 1. The molecule has 1 fully saturated rings. The zero-order chi connectivity index (χ0) is 14.3. The van der Waals surface area contributed by atoms with Crippen molar-refractivity contribution in [3.8, 4) is 0 Å². The molecule has 0 aromatic carbocycles. The van der Waals surface area contributed by atoms with Gasteiger partial charge < -0.3 is 9.64 Å². The normalized spacial score (nSPS) is 21.8. The third-order valence-electron chi connectivity index (χ3n) is 3.47. The van der Waals surface area contributed by atoms with Gasteiger partial charge in [-0.3, -0.25) is 0 Å². The van der Waals surface area contributed by atoms with Crippen molar-refractivity contribution in [3.63, 3.8) is 0 Å². The van der Waals surface area contributed by atoms with E-state index in [1.54, 1.807) is 6.92 Å². The van der Waals surface area contributed by atoms with Gasteiger partial charge in [-0.05, 0) is 39.8 Å². The van der Waals surface area contributed by atoms with Crippen LogP contribution in [-0.2, 0) is 14.8 Å². The number of methoxy groups -OCH3 is 1. The highest BCUT2D eigenvalue weighted by Gasteiger charge is 2.20. The van der Waals surface area contributed by atoms with Crippen LogP contribution in [0.4, 0.5) is 0 Å². The molecule has 6 heteroatoms. The van der Waals surface area contributed by atoms with E-state index in [0.717, 1.165) is 19.6 Å². The maximum Gasteiger partial charge on any atom is 0.214 e. The molecule has 0 aliphatic carbocycles. The van der Waals surface area contributed by atoms with Gasteiger partial charge in [0.15, 0.2) is 0 Å². The Balaban J connectivity index is 2.38. The van der Waals surface area contributed by atoms with E-state index in [4.69, 9.17) is 4.74 Å². The quantitative estimate of drug-likeness (QED) is 0.766. The SMILES string of the molecule is CO[C@H](C)CS(=O)(=O)N[C@@H](C)CN1CCCCCC1. The minimum absolute atomic E-state index is 0.0217. The summed E-state index contributed by atoms with van der Waals surface area (Å²) in [5.41, 5.74) is 0. The van der Waals surface area contributed by atoms with Crippen molar-refractivity contribution in [1.29, 1.82) is 0 Å². The summed E-state index contributed by atoms with van der Waals surface area (Å²) < 4.78 is 31.6. The molecule has 5 nitrogen and oxygen atoms in total. The number of likely N-dealkylation sites (tertiary alicyclic amines) is 1. The van der Waals surface area contributed by atoms with E-state index in [9.17, 15) is 8.42 Å². The summed E-state index contributed by atoms with van der Waals surface area (Å²) in [5.74, 6) is 0.0217. The topological polar surface area (TPSA) is 58.6 Å². The lowest BCUT2D eigenvalue weighted by atomic mass is 10.2. The Kier molecular flexibility index (Phi) is 7.28. The molecule has 1 saturated heterocycles. The van der Waals surface area contributed by atoms with Crippen LogP contribution in [0.1, 0.15) is 39.5 Å². The predicted octanol–water partition coefficient (Wildman–Crippen LogP) is 1.21. The monoisotopic (exact) mass is 292 g/mol. The zero-order valence-electron chi connectivity index (χ0n) is 12.4. The summed E-state index contributed by atoms with van der Waals surface area (Å²) in [6.45, 7) is 6.65. The number of ether oxygens (including phenoxy) is 1. The van der Waals surface area contributed by atoms with Crippen LogP contribution in [0.15, 0.2) is 0 Å². The Labute approximate surface area is 117 Å². The van der Waals surface area contributed by atoms with Gasteiger partial charge in [-0.25, -0.2) is 13.1 Å². The van der Waals surface area contributed by atoms with Crippen molar-refractivity contribution in [2.24, 2.45) is 0 Å². The summed E-state index contributed by atoms with van der Waals surface area (Å²) in [6, 6.07) is -0.0489. The molecule has 0 bridgehead atoms. The lowest BCUT2D eigenvalue weighted by Crippen LogP contribution is -2.44. The summed E-state index contributed by atoms with van der Waals surface area (Å²) in [5, 5.41) is 0. The predicted molar refractivity (Wildman–Crippen MR) is 77.8 cm³/mol. The molecule has 0 spiro atoms. The van der Waals surface area contributed by atoms with Crippen LogP contribution in [0.5, 0.6) is 0 Å². The molecule has 0 aromatic rings. The molecule has 2 atom stereocenters. The Morgan fingerprint density at radius 2 is 1.74 bits per heavy atom. The van der Waals surface area contributed by atoms with Gasteiger partial charge in [0.1, 0.15) is 0 Å². The van der Waals surface area contributed by atoms with Crippen LogP contribution in [0.25, 0.3) is 0 Å². The molecule has 0 saturated carbocycles. The Morgan fingerprint density at radius 3 is 2.26 bits per heavy atom. The first-order valence-corrected chi connectivity index (χ1v) is 8.83. The average Bonchev–Trinajstić information content (AvgIpc) is 2.55. The van der Waals surface area contributed by atoms with Crippen LogP contribution in [-0.4, -0.2) is 58.0 Å². The van der Waals surface area contributed by atoms with Gasteiger partial charge in [0.25, 0.3) is 0 Å². The molecule has 0 unspecified atom stereocenters. The van der Waals surface area contributed by atoms with Gasteiger partial charge in [0.2, 0.25) is 10.0 Å². The average molecular weight is 292 g/mol. The second kappa shape index (κ2) is 8.19. The Morgan fingerprint density at radius 1 is 1.16 bits per heavy atom. The Hall–Kier alpha value is -0.170. The fourth-order valence-electron chi connectivity index (χ4n) is 2.47. The van der Waals surface area contributed by atoms with E-state index in [0.29, 0.717) is 0 Å². The van der Waals surface area contributed by atoms with Crippen molar-refractivity contribution in [2.45, 2.75) is 51.7 Å². The first kappa shape index (κ1) is 16.9. The van der Waals surface area contributed by atoms with Crippen molar-refractivity contribution < 1.29 is 13.2 Å².